The van der Waals surface area contributed by atoms with E-state index in [1.165, 1.54) is 0 Å². The number of halogens is 7. The van der Waals surface area contributed by atoms with Gasteiger partial charge in [-0.1, -0.05) is 5.12 Å². The van der Waals surface area contributed by atoms with E-state index in [-0.39, 0.29) is 12.2 Å². The van der Waals surface area contributed by atoms with Gasteiger partial charge in [-0.05, 0) is 26.0 Å². The fourth-order valence-corrected chi connectivity index (χ4v) is 1.43. The van der Waals surface area contributed by atoms with Crippen molar-refractivity contribution in [1.29, 1.82) is 0 Å². The largest absolute Gasteiger partial charge is 0.365 e. The third kappa shape index (κ3) is 1.73. The van der Waals surface area contributed by atoms with E-state index in [4.69, 9.17) is 0 Å². The predicted octanol–water partition coefficient (Wildman–Crippen LogP) is 3.43. The van der Waals surface area contributed by atoms with Crippen molar-refractivity contribution < 1.29 is 30.8 Å². The molecule has 1 aliphatic carbocycles. The molecule has 0 heterocycles. The van der Waals surface area contributed by atoms with Crippen LogP contribution in [0.25, 0.3) is 0 Å². The van der Waals surface area contributed by atoms with Crippen LogP contribution < -0.4 is 0 Å². The fourth-order valence-electron chi connectivity index (χ4n) is 1.43. The van der Waals surface area contributed by atoms with Gasteiger partial charge in [-0.2, -0.15) is 17.6 Å². The number of hydrogen-bond donors (Lipinski definition) is 0. The molecule has 0 aliphatic heterocycles. The van der Waals surface area contributed by atoms with Crippen molar-refractivity contribution in [3.05, 3.63) is 12.2 Å². The fraction of sp³-hybridized carbons (Fsp3) is 0.778. The first kappa shape index (κ1) is 14.3. The molecule has 2 atom stereocenters. The Morgan fingerprint density at radius 2 is 1.59 bits per heavy atom. The summed E-state index contributed by atoms with van der Waals surface area (Å²) in [6.45, 7) is 1.98. The van der Waals surface area contributed by atoms with Crippen LogP contribution in [-0.4, -0.2) is 35.0 Å². The maximum atomic E-state index is 13.7. The third-order valence-electron chi connectivity index (χ3n) is 2.46. The zero-order chi connectivity index (χ0) is 13.6. The monoisotopic (exact) mass is 265 g/mol. The summed E-state index contributed by atoms with van der Waals surface area (Å²) < 4.78 is 91.8. The van der Waals surface area contributed by atoms with Crippen molar-refractivity contribution in [2.24, 2.45) is 0 Å². The van der Waals surface area contributed by atoms with Crippen LogP contribution in [0.5, 0.6) is 0 Å². The summed E-state index contributed by atoms with van der Waals surface area (Å²) in [4.78, 5) is 0. The van der Waals surface area contributed by atoms with Crippen molar-refractivity contribution >= 4 is 0 Å². The van der Waals surface area contributed by atoms with Crippen LogP contribution in [0.15, 0.2) is 12.2 Å². The van der Waals surface area contributed by atoms with E-state index in [0.717, 1.165) is 13.8 Å². The van der Waals surface area contributed by atoms with Gasteiger partial charge in [0, 0.05) is 6.04 Å². The van der Waals surface area contributed by atoms with Crippen LogP contribution in [0.2, 0.25) is 0 Å². The third-order valence-corrected chi connectivity index (χ3v) is 2.46. The maximum Gasteiger partial charge on any atom is 0.365 e. The van der Waals surface area contributed by atoms with Crippen molar-refractivity contribution in [3.8, 4) is 0 Å². The number of rotatable bonds is 2. The lowest BCUT2D eigenvalue weighted by molar-refractivity contribution is -0.342. The standard InChI is InChI=1S/C9H10F7N/c1-5(2)17(16)7(11)4-3-6(10)8(12,13)9(7,14)15/h3-6H,1-2H3. The molecule has 0 aromatic heterocycles. The molecule has 100 valence electrons. The van der Waals surface area contributed by atoms with Crippen LogP contribution in [0, 0.1) is 0 Å². The average molecular weight is 265 g/mol. The van der Waals surface area contributed by atoms with Gasteiger partial charge in [-0.25, -0.2) is 8.78 Å². The van der Waals surface area contributed by atoms with Crippen molar-refractivity contribution in [1.82, 2.24) is 5.12 Å². The molecule has 17 heavy (non-hydrogen) atoms. The molecule has 0 aromatic rings. The van der Waals surface area contributed by atoms with Gasteiger partial charge in [0.25, 0.3) is 5.79 Å². The molecule has 0 aromatic carbocycles. The minimum atomic E-state index is -5.51. The molecule has 8 heteroatoms. The first-order valence-electron chi connectivity index (χ1n) is 4.71. The van der Waals surface area contributed by atoms with Crippen LogP contribution in [0.3, 0.4) is 0 Å². The second-order valence-electron chi connectivity index (χ2n) is 4.04. The molecule has 1 rings (SSSR count). The Balaban J connectivity index is 3.31. The van der Waals surface area contributed by atoms with E-state index >= 15 is 0 Å². The van der Waals surface area contributed by atoms with E-state index in [9.17, 15) is 30.8 Å². The van der Waals surface area contributed by atoms with Gasteiger partial charge in [0.1, 0.15) is 0 Å². The average Bonchev–Trinajstić information content (AvgIpc) is 2.21. The van der Waals surface area contributed by atoms with Crippen LogP contribution in [-0.2, 0) is 0 Å². The zero-order valence-electron chi connectivity index (χ0n) is 8.90. The van der Waals surface area contributed by atoms with Crippen molar-refractivity contribution in [2.45, 2.75) is 43.7 Å². The molecular formula is C9H10F7N. The lowest BCUT2D eigenvalue weighted by Gasteiger charge is -2.43. The van der Waals surface area contributed by atoms with E-state index < -0.39 is 35.0 Å². The van der Waals surface area contributed by atoms with Gasteiger partial charge < -0.3 is 0 Å². The normalized spacial score (nSPS) is 35.6. The molecule has 0 amide bonds. The van der Waals surface area contributed by atoms with Crippen LogP contribution in [0.1, 0.15) is 13.8 Å². The number of hydrogen-bond acceptors (Lipinski definition) is 1. The van der Waals surface area contributed by atoms with E-state index in [0.29, 0.717) is 0 Å². The van der Waals surface area contributed by atoms with Gasteiger partial charge in [0.2, 0.25) is 0 Å². The predicted molar refractivity (Wildman–Crippen MR) is 45.9 cm³/mol. The summed E-state index contributed by atoms with van der Waals surface area (Å²) in [5, 5.41) is -1.05. The Morgan fingerprint density at radius 1 is 1.12 bits per heavy atom. The molecule has 0 bridgehead atoms. The van der Waals surface area contributed by atoms with Gasteiger partial charge >= 0.3 is 11.8 Å². The smallest absolute Gasteiger partial charge is 0.236 e. The Kier molecular flexibility index (Phi) is 3.24. The highest BCUT2D eigenvalue weighted by atomic mass is 19.3. The summed E-state index contributed by atoms with van der Waals surface area (Å²) in [5.41, 5.74) is 0. The van der Waals surface area contributed by atoms with Crippen LogP contribution >= 0.6 is 0 Å². The SMILES string of the molecule is CC(C)N(F)C1(F)C=CC(F)C(F)(F)C1(F)F. The Bertz CT molecular complexity index is 327. The molecule has 0 saturated heterocycles. The minimum Gasteiger partial charge on any atom is -0.236 e. The summed E-state index contributed by atoms with van der Waals surface area (Å²) in [6.07, 6.45) is -3.68. The topological polar surface area (TPSA) is 3.24 Å². The lowest BCUT2D eigenvalue weighted by Crippen LogP contribution is -2.67. The quantitative estimate of drug-likeness (QED) is 0.320. The number of alkyl halides is 6. The van der Waals surface area contributed by atoms with E-state index in [2.05, 4.69) is 0 Å². The number of allylic oxidation sites excluding steroid dienone is 1. The molecule has 1 nitrogen and oxygen atoms in total. The van der Waals surface area contributed by atoms with Gasteiger partial charge in [0.15, 0.2) is 6.17 Å². The molecule has 0 saturated carbocycles. The maximum absolute atomic E-state index is 13.7. The minimum absolute atomic E-state index is 0.105. The second kappa shape index (κ2) is 3.86. The van der Waals surface area contributed by atoms with Gasteiger partial charge in [-0.3, -0.25) is 0 Å². The lowest BCUT2D eigenvalue weighted by atomic mass is 9.90. The molecule has 0 spiro atoms. The van der Waals surface area contributed by atoms with Crippen molar-refractivity contribution in [3.63, 3.8) is 0 Å². The first-order valence-corrected chi connectivity index (χ1v) is 4.71. The zero-order valence-corrected chi connectivity index (χ0v) is 8.90. The highest BCUT2D eigenvalue weighted by Crippen LogP contribution is 2.53. The number of nitrogens with zero attached hydrogens (tertiary/aromatic N) is 1. The van der Waals surface area contributed by atoms with E-state index in [1.54, 1.807) is 0 Å². The molecule has 0 N–H and O–H groups in total. The summed E-state index contributed by atoms with van der Waals surface area (Å²) in [7, 11) is 0. The first-order chi connectivity index (χ1) is 7.48. The molecule has 1 aliphatic rings. The summed E-state index contributed by atoms with van der Waals surface area (Å²) >= 11 is 0. The van der Waals surface area contributed by atoms with Crippen molar-refractivity contribution in [2.75, 3.05) is 0 Å². The van der Waals surface area contributed by atoms with E-state index in [1.807, 2.05) is 0 Å². The Labute approximate surface area is 92.8 Å². The summed E-state index contributed by atoms with van der Waals surface area (Å²) in [5.74, 6) is -15.2. The Morgan fingerprint density at radius 3 is 2.00 bits per heavy atom. The van der Waals surface area contributed by atoms with Crippen LogP contribution in [0.4, 0.5) is 30.8 Å². The molecule has 0 radical (unpaired) electrons. The highest BCUT2D eigenvalue weighted by molar-refractivity contribution is 5.22. The molecule has 2 unspecified atom stereocenters. The Hall–Kier alpha value is -0.790. The summed E-state index contributed by atoms with van der Waals surface area (Å²) in [6, 6.07) is -1.41. The van der Waals surface area contributed by atoms with Gasteiger partial charge in [-0.15, -0.1) is 4.48 Å². The highest BCUT2D eigenvalue weighted by Gasteiger charge is 2.76. The van der Waals surface area contributed by atoms with Gasteiger partial charge in [0.05, 0.1) is 0 Å². The molecular weight excluding hydrogens is 255 g/mol. The molecule has 0 fully saturated rings. The second-order valence-corrected chi connectivity index (χ2v) is 4.04.